The quantitative estimate of drug-likeness (QED) is 0.463. The van der Waals surface area contributed by atoms with Gasteiger partial charge in [0.15, 0.2) is 9.84 Å². The number of nitrogens with zero attached hydrogens (tertiary/aromatic N) is 2. The van der Waals surface area contributed by atoms with Gasteiger partial charge in [0.1, 0.15) is 5.75 Å². The average molecular weight is 598 g/mol. The van der Waals surface area contributed by atoms with Crippen molar-refractivity contribution in [3.63, 3.8) is 0 Å². The number of carboxylic acid groups (broad SMARTS) is 1. The summed E-state index contributed by atoms with van der Waals surface area (Å²) in [6, 6.07) is 6.18. The van der Waals surface area contributed by atoms with Crippen molar-refractivity contribution >= 4 is 45.0 Å². The molecular formula is C23H24Cl2F3N3O6S. The van der Waals surface area contributed by atoms with Gasteiger partial charge in [0.05, 0.1) is 10.6 Å². The summed E-state index contributed by atoms with van der Waals surface area (Å²) in [4.78, 5) is 26.8. The molecule has 1 saturated heterocycles. The van der Waals surface area contributed by atoms with Gasteiger partial charge in [0.25, 0.3) is 5.91 Å². The second kappa shape index (κ2) is 12.0. The van der Waals surface area contributed by atoms with E-state index in [9.17, 15) is 31.2 Å². The van der Waals surface area contributed by atoms with Crippen molar-refractivity contribution in [2.75, 3.05) is 31.9 Å². The molecule has 208 valence electrons. The topological polar surface area (TPSA) is 116 Å². The van der Waals surface area contributed by atoms with E-state index in [0.29, 0.717) is 0 Å². The molecule has 0 bridgehead atoms. The zero-order valence-corrected chi connectivity index (χ0v) is 22.3. The van der Waals surface area contributed by atoms with E-state index in [1.54, 1.807) is 4.90 Å². The van der Waals surface area contributed by atoms with Crippen LogP contribution < -0.4 is 10.1 Å². The molecule has 38 heavy (non-hydrogen) atoms. The van der Waals surface area contributed by atoms with Crippen LogP contribution in [0.25, 0.3) is 0 Å². The Hall–Kier alpha value is -2.74. The number of hydrogen-bond acceptors (Lipinski definition) is 6. The number of hydrogen-bond donors (Lipinski definition) is 2. The summed E-state index contributed by atoms with van der Waals surface area (Å²) in [5.41, 5.74) is -0.0474. The number of ether oxygens (including phenoxy) is 1. The summed E-state index contributed by atoms with van der Waals surface area (Å²) in [7, 11) is -3.64. The largest absolute Gasteiger partial charge is 0.573 e. The Kier molecular flexibility index (Phi) is 9.39. The first-order valence-corrected chi connectivity index (χ1v) is 13.7. The van der Waals surface area contributed by atoms with Gasteiger partial charge in [0, 0.05) is 60.4 Å². The van der Waals surface area contributed by atoms with Crippen molar-refractivity contribution in [2.45, 2.75) is 31.3 Å². The van der Waals surface area contributed by atoms with E-state index in [4.69, 9.17) is 28.3 Å². The lowest BCUT2D eigenvalue weighted by Crippen LogP contribution is -2.47. The molecule has 3 rings (SSSR count). The second-order valence-corrected chi connectivity index (χ2v) is 11.5. The smallest absolute Gasteiger partial charge is 0.465 e. The zero-order valence-electron chi connectivity index (χ0n) is 20.0. The van der Waals surface area contributed by atoms with E-state index in [2.05, 4.69) is 10.1 Å². The van der Waals surface area contributed by atoms with Crippen LogP contribution in [-0.4, -0.2) is 73.6 Å². The molecule has 2 N–H and O–H groups in total. The standard InChI is InChI=1S/C23H24Cl2F3N3O6S/c1-2-38(35,36)20-4-3-16(24)9-15(20)12-29-21(32)14-10-18(25)17(19(11-14)37-23(26,27)28)13-30-5-7-31(8-6-30)22(33)34/h3-4,9-11H,2,5-8,12-13H2,1H3,(H,29,32)(H,33,34). The molecule has 15 heteroatoms. The highest BCUT2D eigenvalue weighted by molar-refractivity contribution is 7.91. The lowest BCUT2D eigenvalue weighted by atomic mass is 10.1. The maximum Gasteiger partial charge on any atom is 0.573 e. The molecule has 2 amide bonds. The number of halogens is 5. The van der Waals surface area contributed by atoms with Gasteiger partial charge >= 0.3 is 12.5 Å². The predicted molar refractivity (Wildman–Crippen MR) is 133 cm³/mol. The summed E-state index contributed by atoms with van der Waals surface area (Å²) in [6.07, 6.45) is -6.16. The molecule has 1 fully saturated rings. The van der Waals surface area contributed by atoms with Gasteiger partial charge in [-0.3, -0.25) is 9.69 Å². The van der Waals surface area contributed by atoms with Gasteiger partial charge in [-0.2, -0.15) is 0 Å². The Morgan fingerprint density at radius 1 is 1.11 bits per heavy atom. The third-order valence-electron chi connectivity index (χ3n) is 5.84. The summed E-state index contributed by atoms with van der Waals surface area (Å²) in [5, 5.41) is 11.6. The summed E-state index contributed by atoms with van der Waals surface area (Å²) in [6.45, 7) is 1.99. The maximum absolute atomic E-state index is 13.2. The number of alkyl halides is 3. The first-order chi connectivity index (χ1) is 17.7. The molecule has 0 unspecified atom stereocenters. The van der Waals surface area contributed by atoms with Gasteiger partial charge in [-0.05, 0) is 35.9 Å². The van der Waals surface area contributed by atoms with Gasteiger partial charge in [-0.25, -0.2) is 13.2 Å². The predicted octanol–water partition coefficient (Wildman–Crippen LogP) is 4.41. The minimum atomic E-state index is -5.07. The van der Waals surface area contributed by atoms with Crippen molar-refractivity contribution in [3.8, 4) is 5.75 Å². The molecule has 1 heterocycles. The van der Waals surface area contributed by atoms with Crippen molar-refractivity contribution < 1.29 is 41.0 Å². The lowest BCUT2D eigenvalue weighted by molar-refractivity contribution is -0.275. The number of carbonyl (C=O) groups excluding carboxylic acids is 1. The van der Waals surface area contributed by atoms with E-state index in [1.165, 1.54) is 36.1 Å². The normalized spacial score (nSPS) is 14.8. The summed E-state index contributed by atoms with van der Waals surface area (Å²) < 4.78 is 68.5. The highest BCUT2D eigenvalue weighted by Crippen LogP contribution is 2.34. The van der Waals surface area contributed by atoms with Crippen molar-refractivity contribution in [1.82, 2.24) is 15.1 Å². The Morgan fingerprint density at radius 2 is 1.76 bits per heavy atom. The van der Waals surface area contributed by atoms with Gasteiger partial charge < -0.3 is 20.1 Å². The molecule has 1 aliphatic rings. The zero-order chi connectivity index (χ0) is 28.3. The van der Waals surface area contributed by atoms with Crippen LogP contribution in [0.15, 0.2) is 35.2 Å². The summed E-state index contributed by atoms with van der Waals surface area (Å²) >= 11 is 12.3. The number of piperazine rings is 1. The van der Waals surface area contributed by atoms with Gasteiger partial charge in [-0.1, -0.05) is 30.1 Å². The van der Waals surface area contributed by atoms with E-state index < -0.39 is 33.9 Å². The van der Waals surface area contributed by atoms with Crippen LogP contribution in [0.2, 0.25) is 10.0 Å². The van der Waals surface area contributed by atoms with Crippen molar-refractivity contribution in [1.29, 1.82) is 0 Å². The van der Waals surface area contributed by atoms with Crippen LogP contribution >= 0.6 is 23.2 Å². The monoisotopic (exact) mass is 597 g/mol. The first-order valence-electron chi connectivity index (χ1n) is 11.3. The fourth-order valence-electron chi connectivity index (χ4n) is 3.86. The number of nitrogens with one attached hydrogen (secondary N) is 1. The molecular weight excluding hydrogens is 574 g/mol. The fraction of sp³-hybridized carbons (Fsp3) is 0.391. The summed E-state index contributed by atoms with van der Waals surface area (Å²) in [5.74, 6) is -1.68. The van der Waals surface area contributed by atoms with Crippen LogP contribution in [0.1, 0.15) is 28.4 Å². The third-order valence-corrected chi connectivity index (χ3v) is 8.24. The molecule has 0 atom stereocenters. The molecule has 0 spiro atoms. The fourth-order valence-corrected chi connectivity index (χ4v) is 5.44. The third kappa shape index (κ3) is 7.65. The van der Waals surface area contributed by atoms with Crippen LogP contribution in [0.5, 0.6) is 5.75 Å². The first kappa shape index (κ1) is 29.8. The van der Waals surface area contributed by atoms with Gasteiger partial charge in [0.2, 0.25) is 0 Å². The molecule has 2 aromatic rings. The molecule has 1 aliphatic heterocycles. The Labute approximate surface area is 227 Å². The van der Waals surface area contributed by atoms with Crippen LogP contribution in [0, 0.1) is 0 Å². The van der Waals surface area contributed by atoms with E-state index in [1.807, 2.05) is 0 Å². The molecule has 0 aromatic heterocycles. The van der Waals surface area contributed by atoms with Crippen LogP contribution in [-0.2, 0) is 22.9 Å². The van der Waals surface area contributed by atoms with Crippen molar-refractivity contribution in [2.24, 2.45) is 0 Å². The number of benzene rings is 2. The molecule has 9 nitrogen and oxygen atoms in total. The lowest BCUT2D eigenvalue weighted by Gasteiger charge is -2.33. The highest BCUT2D eigenvalue weighted by Gasteiger charge is 2.34. The Bertz CT molecular complexity index is 1320. The maximum atomic E-state index is 13.2. The molecule has 0 saturated carbocycles. The van der Waals surface area contributed by atoms with E-state index in [-0.39, 0.29) is 76.7 Å². The molecule has 0 aliphatic carbocycles. The Balaban J connectivity index is 1.84. The van der Waals surface area contributed by atoms with E-state index in [0.717, 1.165) is 6.07 Å². The number of rotatable bonds is 8. The van der Waals surface area contributed by atoms with E-state index >= 15 is 0 Å². The SMILES string of the molecule is CCS(=O)(=O)c1ccc(Cl)cc1CNC(=O)c1cc(Cl)c(CN2CCN(C(=O)O)CC2)c(OC(F)(F)F)c1. The minimum Gasteiger partial charge on any atom is -0.465 e. The van der Waals surface area contributed by atoms with Crippen molar-refractivity contribution in [3.05, 3.63) is 57.1 Å². The second-order valence-electron chi connectivity index (χ2n) is 8.37. The molecule has 0 radical (unpaired) electrons. The number of amides is 2. The number of carbonyl (C=O) groups is 2. The van der Waals surface area contributed by atoms with Crippen LogP contribution in [0.3, 0.4) is 0 Å². The number of sulfone groups is 1. The highest BCUT2D eigenvalue weighted by atomic mass is 35.5. The minimum absolute atomic E-state index is 0.0181. The molecule has 2 aromatic carbocycles. The van der Waals surface area contributed by atoms with Gasteiger partial charge in [-0.15, -0.1) is 13.2 Å². The Morgan fingerprint density at radius 3 is 2.34 bits per heavy atom. The van der Waals surface area contributed by atoms with Crippen LogP contribution in [0.4, 0.5) is 18.0 Å². The average Bonchev–Trinajstić information content (AvgIpc) is 2.83.